The van der Waals surface area contributed by atoms with E-state index in [1.807, 2.05) is 42.5 Å². The molecular formula is C24H27N3O3S. The van der Waals surface area contributed by atoms with E-state index in [2.05, 4.69) is 9.88 Å². The molecule has 162 valence electrons. The fourth-order valence-electron chi connectivity index (χ4n) is 4.62. The van der Waals surface area contributed by atoms with Gasteiger partial charge in [-0.1, -0.05) is 42.8 Å². The zero-order valence-electron chi connectivity index (χ0n) is 17.5. The van der Waals surface area contributed by atoms with Crippen LogP contribution in [0.5, 0.6) is 5.75 Å². The summed E-state index contributed by atoms with van der Waals surface area (Å²) in [5.41, 5.74) is 1.40. The zero-order chi connectivity index (χ0) is 21.3. The molecule has 0 aliphatic carbocycles. The van der Waals surface area contributed by atoms with Crippen LogP contribution in [-0.2, 0) is 16.6 Å². The van der Waals surface area contributed by atoms with Crippen molar-refractivity contribution in [2.45, 2.75) is 36.7 Å². The number of hydrogen-bond donors (Lipinski definition) is 0. The van der Waals surface area contributed by atoms with Crippen LogP contribution >= 0.6 is 0 Å². The first-order valence-electron chi connectivity index (χ1n) is 10.9. The van der Waals surface area contributed by atoms with Gasteiger partial charge in [0.2, 0.25) is 10.0 Å². The highest BCUT2D eigenvalue weighted by Gasteiger charge is 2.37. The predicted molar refractivity (Wildman–Crippen MR) is 120 cm³/mol. The molecule has 3 aromatic rings. The van der Waals surface area contributed by atoms with Crippen LogP contribution in [0.15, 0.2) is 65.7 Å². The second-order valence-electron chi connectivity index (χ2n) is 8.32. The molecule has 1 saturated heterocycles. The van der Waals surface area contributed by atoms with Gasteiger partial charge in [0.25, 0.3) is 0 Å². The Balaban J connectivity index is 1.57. The van der Waals surface area contributed by atoms with Crippen molar-refractivity contribution >= 4 is 20.9 Å². The Hall–Kier alpha value is -2.48. The molecule has 5 rings (SSSR count). The second kappa shape index (κ2) is 8.57. The van der Waals surface area contributed by atoms with E-state index >= 15 is 0 Å². The molecule has 1 fully saturated rings. The lowest BCUT2D eigenvalue weighted by Gasteiger charge is -2.34. The average molecular weight is 438 g/mol. The van der Waals surface area contributed by atoms with Crippen LogP contribution in [0.25, 0.3) is 10.9 Å². The van der Waals surface area contributed by atoms with Crippen molar-refractivity contribution in [3.63, 3.8) is 0 Å². The topological polar surface area (TPSA) is 62.7 Å². The summed E-state index contributed by atoms with van der Waals surface area (Å²) in [7, 11) is -3.79. The second-order valence-corrected chi connectivity index (χ2v) is 10.2. The summed E-state index contributed by atoms with van der Waals surface area (Å²) in [6.07, 6.45) is 5.21. The molecule has 6 nitrogen and oxygen atoms in total. The molecular weight excluding hydrogens is 410 g/mol. The van der Waals surface area contributed by atoms with Gasteiger partial charge in [-0.25, -0.2) is 8.42 Å². The normalized spacial score (nSPS) is 20.7. The van der Waals surface area contributed by atoms with Crippen LogP contribution < -0.4 is 4.74 Å². The maximum Gasteiger partial charge on any atom is 0.245 e. The molecule has 31 heavy (non-hydrogen) atoms. The number of piperidine rings is 1. The van der Waals surface area contributed by atoms with E-state index in [4.69, 9.17) is 4.74 Å². The van der Waals surface area contributed by atoms with Gasteiger partial charge >= 0.3 is 0 Å². The summed E-state index contributed by atoms with van der Waals surface area (Å²) < 4.78 is 35.8. The third-order valence-corrected chi connectivity index (χ3v) is 8.17. The first-order valence-corrected chi connectivity index (χ1v) is 12.4. The van der Waals surface area contributed by atoms with Crippen LogP contribution in [0.2, 0.25) is 0 Å². The molecule has 3 heterocycles. The van der Waals surface area contributed by atoms with Crippen molar-refractivity contribution in [3.05, 3.63) is 66.4 Å². The third-order valence-electron chi connectivity index (χ3n) is 6.24. The van der Waals surface area contributed by atoms with Gasteiger partial charge in [0, 0.05) is 30.2 Å². The van der Waals surface area contributed by atoms with Crippen LogP contribution in [0.1, 0.15) is 24.8 Å². The molecule has 7 heteroatoms. The number of benzene rings is 2. The minimum atomic E-state index is -3.79. The van der Waals surface area contributed by atoms with Crippen LogP contribution in [0, 0.1) is 0 Å². The van der Waals surface area contributed by atoms with Gasteiger partial charge < -0.3 is 9.64 Å². The van der Waals surface area contributed by atoms with E-state index in [0.29, 0.717) is 25.2 Å². The number of rotatable bonds is 4. The van der Waals surface area contributed by atoms with Crippen molar-refractivity contribution in [3.8, 4) is 5.75 Å². The van der Waals surface area contributed by atoms with Gasteiger partial charge in [0.1, 0.15) is 17.3 Å². The number of nitrogens with zero attached hydrogens (tertiary/aromatic N) is 3. The van der Waals surface area contributed by atoms with Crippen LogP contribution in [0.3, 0.4) is 0 Å². The zero-order valence-corrected chi connectivity index (χ0v) is 18.3. The molecule has 2 aromatic carbocycles. The van der Waals surface area contributed by atoms with E-state index in [-0.39, 0.29) is 10.9 Å². The first kappa shape index (κ1) is 20.4. The van der Waals surface area contributed by atoms with Gasteiger partial charge in [0.15, 0.2) is 0 Å². The molecule has 2 aliphatic rings. The van der Waals surface area contributed by atoms with Gasteiger partial charge in [-0.3, -0.25) is 4.98 Å². The van der Waals surface area contributed by atoms with Crippen LogP contribution in [-0.4, -0.2) is 54.9 Å². The molecule has 1 atom stereocenters. The fraction of sp³-hybridized carbons (Fsp3) is 0.375. The van der Waals surface area contributed by atoms with Gasteiger partial charge in [-0.2, -0.15) is 4.31 Å². The minimum absolute atomic E-state index is 0.258. The summed E-state index contributed by atoms with van der Waals surface area (Å²) in [4.78, 5) is 7.03. The molecule has 0 spiro atoms. The molecule has 2 aliphatic heterocycles. The Bertz CT molecular complexity index is 1170. The molecule has 0 unspecified atom stereocenters. The standard InChI is InChI=1S/C24H27N3O3S/c28-31(29,23-12-6-9-19-10-7-13-25-24(19)23)27-16-20-8-2-3-11-22(20)30-18-21(27)17-26-14-4-1-5-15-26/h2-3,6-13,21H,1,4-5,14-18H2/t21-/m1/s1. The quantitative estimate of drug-likeness (QED) is 0.623. The Kier molecular flexibility index (Phi) is 5.65. The minimum Gasteiger partial charge on any atom is -0.492 e. The summed E-state index contributed by atoms with van der Waals surface area (Å²) in [5.74, 6) is 0.764. The lowest BCUT2D eigenvalue weighted by Crippen LogP contribution is -2.49. The molecule has 0 bridgehead atoms. The summed E-state index contributed by atoms with van der Waals surface area (Å²) in [5, 5.41) is 0.822. The molecule has 0 saturated carbocycles. The number of aromatic nitrogens is 1. The largest absolute Gasteiger partial charge is 0.492 e. The Morgan fingerprint density at radius 3 is 2.65 bits per heavy atom. The SMILES string of the molecule is O=S(=O)(c1cccc2cccnc12)N1Cc2ccccc2OC[C@H]1CN1CCCCC1. The highest BCUT2D eigenvalue weighted by Crippen LogP contribution is 2.32. The molecule has 1 aromatic heterocycles. The maximum atomic E-state index is 14.0. The highest BCUT2D eigenvalue weighted by molar-refractivity contribution is 7.89. The number of pyridine rings is 1. The van der Waals surface area contributed by atoms with Crippen molar-refractivity contribution < 1.29 is 13.2 Å². The lowest BCUT2D eigenvalue weighted by atomic mass is 10.1. The van der Waals surface area contributed by atoms with E-state index in [1.165, 1.54) is 6.42 Å². The monoisotopic (exact) mass is 437 g/mol. The number of fused-ring (bicyclic) bond motifs is 2. The van der Waals surface area contributed by atoms with E-state index in [9.17, 15) is 8.42 Å². The molecule has 0 N–H and O–H groups in total. The fourth-order valence-corrected chi connectivity index (χ4v) is 6.36. The molecule has 0 radical (unpaired) electrons. The van der Waals surface area contributed by atoms with Crippen molar-refractivity contribution in [2.75, 3.05) is 26.2 Å². The Morgan fingerprint density at radius 2 is 1.77 bits per heavy atom. The number of hydrogen-bond acceptors (Lipinski definition) is 5. The van der Waals surface area contributed by atoms with Crippen molar-refractivity contribution in [2.24, 2.45) is 0 Å². The van der Waals surface area contributed by atoms with E-state index in [1.54, 1.807) is 22.6 Å². The number of likely N-dealkylation sites (tertiary alicyclic amines) is 1. The Morgan fingerprint density at radius 1 is 0.968 bits per heavy atom. The maximum absolute atomic E-state index is 14.0. The van der Waals surface area contributed by atoms with Gasteiger partial charge in [-0.15, -0.1) is 0 Å². The van der Waals surface area contributed by atoms with Crippen LogP contribution in [0.4, 0.5) is 0 Å². The summed E-state index contributed by atoms with van der Waals surface area (Å²) in [6, 6.07) is 16.5. The summed E-state index contributed by atoms with van der Waals surface area (Å²) >= 11 is 0. The van der Waals surface area contributed by atoms with E-state index in [0.717, 1.165) is 42.6 Å². The van der Waals surface area contributed by atoms with Gasteiger partial charge in [0.05, 0.1) is 11.6 Å². The number of ether oxygens (including phenoxy) is 1. The number of sulfonamides is 1. The van der Waals surface area contributed by atoms with E-state index < -0.39 is 10.0 Å². The Labute approximate surface area is 183 Å². The predicted octanol–water partition coefficient (Wildman–Crippen LogP) is 3.67. The first-order chi connectivity index (χ1) is 15.1. The van der Waals surface area contributed by atoms with Crippen molar-refractivity contribution in [1.82, 2.24) is 14.2 Å². The highest BCUT2D eigenvalue weighted by atomic mass is 32.2. The third kappa shape index (κ3) is 4.05. The lowest BCUT2D eigenvalue weighted by molar-refractivity contribution is 0.141. The average Bonchev–Trinajstić information content (AvgIpc) is 2.99. The van der Waals surface area contributed by atoms with Crippen molar-refractivity contribution in [1.29, 1.82) is 0 Å². The molecule has 0 amide bonds. The van der Waals surface area contributed by atoms with Gasteiger partial charge in [-0.05, 0) is 44.1 Å². The smallest absolute Gasteiger partial charge is 0.245 e. The summed E-state index contributed by atoms with van der Waals surface area (Å²) in [6.45, 7) is 3.32. The number of para-hydroxylation sites is 2.